The number of aryl methyl sites for hydroxylation is 3. The minimum absolute atomic E-state index is 0. The summed E-state index contributed by atoms with van der Waals surface area (Å²) >= 11 is 0. The van der Waals surface area contributed by atoms with E-state index in [0.29, 0.717) is 18.7 Å². The normalized spacial score (nSPS) is 19.3. The lowest BCUT2D eigenvalue weighted by Crippen LogP contribution is -2.34. The van der Waals surface area contributed by atoms with E-state index >= 15 is 0 Å². The van der Waals surface area contributed by atoms with Crippen molar-refractivity contribution in [3.63, 3.8) is 0 Å². The Kier molecular flexibility index (Phi) is 6.50. The van der Waals surface area contributed by atoms with E-state index in [-0.39, 0.29) is 30.3 Å². The van der Waals surface area contributed by atoms with Crippen LogP contribution in [0.4, 0.5) is 0 Å². The van der Waals surface area contributed by atoms with Gasteiger partial charge in [0.05, 0.1) is 11.7 Å². The summed E-state index contributed by atoms with van der Waals surface area (Å²) in [5.41, 5.74) is 6.16. The van der Waals surface area contributed by atoms with E-state index in [2.05, 4.69) is 47.2 Å². The van der Waals surface area contributed by atoms with Gasteiger partial charge < -0.3 is 20.3 Å². The zero-order chi connectivity index (χ0) is 18.1. The molecule has 3 N–H and O–H groups in total. The molecule has 0 spiro atoms. The zero-order valence-corrected chi connectivity index (χ0v) is 16.6. The number of aliphatic hydroxyl groups is 1. The first-order chi connectivity index (χ1) is 11.9. The number of rotatable bonds is 4. The molecule has 1 amide bonds. The van der Waals surface area contributed by atoms with E-state index in [9.17, 15) is 9.90 Å². The van der Waals surface area contributed by atoms with Crippen LogP contribution in [0.5, 0.6) is 0 Å². The molecule has 2 aromatic rings. The van der Waals surface area contributed by atoms with Gasteiger partial charge in [-0.2, -0.15) is 0 Å². The van der Waals surface area contributed by atoms with Gasteiger partial charge in [0.2, 0.25) is 0 Å². The molecule has 2 atom stereocenters. The number of hydrogen-bond acceptors (Lipinski definition) is 3. The second-order valence-corrected chi connectivity index (χ2v) is 7.16. The molecule has 26 heavy (non-hydrogen) atoms. The minimum Gasteiger partial charge on any atom is -0.391 e. The summed E-state index contributed by atoms with van der Waals surface area (Å²) in [6.45, 7) is 9.99. The van der Waals surface area contributed by atoms with Crippen LogP contribution in [-0.2, 0) is 0 Å². The zero-order valence-electron chi connectivity index (χ0n) is 15.8. The Bertz CT molecular complexity index is 780. The van der Waals surface area contributed by atoms with Crippen LogP contribution in [0.3, 0.4) is 0 Å². The van der Waals surface area contributed by atoms with Crippen molar-refractivity contribution in [1.29, 1.82) is 0 Å². The molecule has 6 heteroatoms. The molecule has 2 heterocycles. The average molecular weight is 378 g/mol. The van der Waals surface area contributed by atoms with Gasteiger partial charge in [0, 0.05) is 42.6 Å². The molecule has 1 aromatic heterocycles. The Morgan fingerprint density at radius 2 is 1.81 bits per heavy atom. The smallest absolute Gasteiger partial charge is 0.253 e. The van der Waals surface area contributed by atoms with E-state index in [4.69, 9.17) is 0 Å². The van der Waals surface area contributed by atoms with Crippen molar-refractivity contribution in [2.45, 2.75) is 33.8 Å². The number of carbonyl (C=O) groups is 1. The molecule has 3 rings (SSSR count). The molecule has 0 bridgehead atoms. The minimum atomic E-state index is -0.386. The molecule has 1 aliphatic rings. The Balaban J connectivity index is 0.00000243. The van der Waals surface area contributed by atoms with Gasteiger partial charge in [0.25, 0.3) is 5.91 Å². The summed E-state index contributed by atoms with van der Waals surface area (Å²) in [6.07, 6.45) is -0.386. The Morgan fingerprint density at radius 1 is 1.15 bits per heavy atom. The number of benzene rings is 1. The predicted octanol–water partition coefficient (Wildman–Crippen LogP) is 2.44. The Hall–Kier alpha value is -1.82. The number of halogens is 1. The van der Waals surface area contributed by atoms with Gasteiger partial charge in [-0.1, -0.05) is 6.07 Å². The van der Waals surface area contributed by atoms with Crippen LogP contribution in [0.2, 0.25) is 0 Å². The fourth-order valence-electron chi connectivity index (χ4n) is 3.72. The second kappa shape index (κ2) is 8.25. The molecule has 142 valence electrons. The highest BCUT2D eigenvalue weighted by molar-refractivity contribution is 5.96. The highest BCUT2D eigenvalue weighted by Gasteiger charge is 2.26. The van der Waals surface area contributed by atoms with Gasteiger partial charge in [0.1, 0.15) is 0 Å². The molecule has 1 aromatic carbocycles. The first-order valence-corrected chi connectivity index (χ1v) is 8.81. The topological polar surface area (TPSA) is 66.3 Å². The largest absolute Gasteiger partial charge is 0.391 e. The number of hydrogen-bond donors (Lipinski definition) is 3. The molecule has 5 nitrogen and oxygen atoms in total. The predicted molar refractivity (Wildman–Crippen MR) is 107 cm³/mol. The molecular formula is C20H28ClN3O2. The van der Waals surface area contributed by atoms with Crippen molar-refractivity contribution in [2.24, 2.45) is 5.92 Å². The van der Waals surface area contributed by atoms with E-state index in [0.717, 1.165) is 23.6 Å². The standard InChI is InChI=1S/C20H27N3O2.ClH/c1-12-5-13(2)7-17(6-12)23-14(3)8-18(15(23)4)20(25)22-10-16-9-21-11-19(16)24;/h5-8,16,19,21,24H,9-11H2,1-4H3,(H,22,25);1H. The number of carbonyl (C=O) groups excluding carboxylic acids is 1. The number of aromatic nitrogens is 1. The quantitative estimate of drug-likeness (QED) is 0.766. The summed E-state index contributed by atoms with van der Waals surface area (Å²) in [5.74, 6) is -0.00492. The molecular weight excluding hydrogens is 350 g/mol. The van der Waals surface area contributed by atoms with Crippen molar-refractivity contribution in [3.8, 4) is 5.69 Å². The van der Waals surface area contributed by atoms with Crippen molar-refractivity contribution in [2.75, 3.05) is 19.6 Å². The fraction of sp³-hybridized carbons (Fsp3) is 0.450. The maximum absolute atomic E-state index is 12.6. The highest BCUT2D eigenvalue weighted by Crippen LogP contribution is 2.23. The van der Waals surface area contributed by atoms with E-state index < -0.39 is 0 Å². The molecule has 1 saturated heterocycles. The monoisotopic (exact) mass is 377 g/mol. The van der Waals surface area contributed by atoms with Crippen molar-refractivity contribution in [1.82, 2.24) is 15.2 Å². The lowest BCUT2D eigenvalue weighted by Gasteiger charge is -2.14. The molecule has 1 fully saturated rings. The summed E-state index contributed by atoms with van der Waals surface area (Å²) in [7, 11) is 0. The molecule has 0 aliphatic carbocycles. The van der Waals surface area contributed by atoms with Crippen LogP contribution in [-0.4, -0.2) is 41.3 Å². The van der Waals surface area contributed by atoms with E-state index in [1.807, 2.05) is 19.9 Å². The summed E-state index contributed by atoms with van der Waals surface area (Å²) in [5, 5.41) is 16.0. The Morgan fingerprint density at radius 3 is 2.38 bits per heavy atom. The summed E-state index contributed by atoms with van der Waals surface area (Å²) in [6, 6.07) is 8.35. The van der Waals surface area contributed by atoms with E-state index in [1.54, 1.807) is 0 Å². The number of nitrogens with zero attached hydrogens (tertiary/aromatic N) is 1. The molecule has 2 unspecified atom stereocenters. The van der Waals surface area contributed by atoms with Gasteiger partial charge in [-0.15, -0.1) is 12.4 Å². The van der Waals surface area contributed by atoms with Crippen LogP contribution >= 0.6 is 12.4 Å². The van der Waals surface area contributed by atoms with E-state index in [1.165, 1.54) is 11.1 Å². The summed E-state index contributed by atoms with van der Waals surface area (Å²) in [4.78, 5) is 12.6. The lowest BCUT2D eigenvalue weighted by atomic mass is 10.1. The molecule has 0 radical (unpaired) electrons. The number of aliphatic hydroxyl groups excluding tert-OH is 1. The number of amides is 1. The van der Waals surface area contributed by atoms with Crippen LogP contribution < -0.4 is 10.6 Å². The lowest BCUT2D eigenvalue weighted by molar-refractivity contribution is 0.0926. The van der Waals surface area contributed by atoms with Crippen molar-refractivity contribution >= 4 is 18.3 Å². The second-order valence-electron chi connectivity index (χ2n) is 7.16. The number of nitrogens with one attached hydrogen (secondary N) is 2. The van der Waals surface area contributed by atoms with Gasteiger partial charge in [-0.05, 0) is 57.0 Å². The van der Waals surface area contributed by atoms with Gasteiger partial charge in [-0.25, -0.2) is 0 Å². The van der Waals surface area contributed by atoms with Crippen molar-refractivity contribution in [3.05, 3.63) is 52.3 Å². The third kappa shape index (κ3) is 4.11. The molecule has 0 saturated carbocycles. The molecule has 1 aliphatic heterocycles. The van der Waals surface area contributed by atoms with Crippen LogP contribution in [0, 0.1) is 33.6 Å². The SMILES string of the molecule is Cc1cc(C)cc(-n2c(C)cc(C(=O)NCC3CNCC3O)c2C)c1.Cl. The third-order valence-corrected chi connectivity index (χ3v) is 4.97. The first-order valence-electron chi connectivity index (χ1n) is 8.81. The maximum atomic E-state index is 12.6. The Labute approximate surface area is 161 Å². The van der Waals surface area contributed by atoms with Crippen LogP contribution in [0.25, 0.3) is 5.69 Å². The number of β-amino-alcohol motifs (C(OH)–C–C–N with tert-alkyl or cyclic N) is 1. The maximum Gasteiger partial charge on any atom is 0.253 e. The van der Waals surface area contributed by atoms with Gasteiger partial charge in [-0.3, -0.25) is 4.79 Å². The van der Waals surface area contributed by atoms with Crippen molar-refractivity contribution < 1.29 is 9.90 Å². The van der Waals surface area contributed by atoms with Gasteiger partial charge >= 0.3 is 0 Å². The fourth-order valence-corrected chi connectivity index (χ4v) is 3.72. The average Bonchev–Trinajstić information content (AvgIpc) is 3.07. The van der Waals surface area contributed by atoms with Crippen LogP contribution in [0.15, 0.2) is 24.3 Å². The highest BCUT2D eigenvalue weighted by atomic mass is 35.5. The first kappa shape index (κ1) is 20.5. The summed E-state index contributed by atoms with van der Waals surface area (Å²) < 4.78 is 2.13. The third-order valence-electron chi connectivity index (χ3n) is 4.97. The van der Waals surface area contributed by atoms with Gasteiger partial charge in [0.15, 0.2) is 0 Å². The van der Waals surface area contributed by atoms with Crippen LogP contribution in [0.1, 0.15) is 32.9 Å².